The number of rotatable bonds is 4. The van der Waals surface area contributed by atoms with E-state index in [1.54, 1.807) is 30.2 Å². The van der Waals surface area contributed by atoms with Gasteiger partial charge in [0.15, 0.2) is 0 Å². The number of aromatic nitrogens is 3. The SMILES string of the molecule is CNc1ccc(C(=O)NCc2ccnn2C)nc1. The lowest BCUT2D eigenvalue weighted by molar-refractivity contribution is 0.0945. The molecule has 6 nitrogen and oxygen atoms in total. The predicted octanol–water partition coefficient (Wildman–Crippen LogP) is 0.787. The molecule has 2 rings (SSSR count). The van der Waals surface area contributed by atoms with Crippen molar-refractivity contribution in [3.05, 3.63) is 42.0 Å². The lowest BCUT2D eigenvalue weighted by Crippen LogP contribution is -2.24. The van der Waals surface area contributed by atoms with Gasteiger partial charge < -0.3 is 10.6 Å². The molecule has 0 unspecified atom stereocenters. The Morgan fingerprint density at radius 1 is 1.39 bits per heavy atom. The van der Waals surface area contributed by atoms with Crippen LogP contribution in [0.4, 0.5) is 5.69 Å². The quantitative estimate of drug-likeness (QED) is 0.835. The van der Waals surface area contributed by atoms with Gasteiger partial charge in [-0.15, -0.1) is 0 Å². The summed E-state index contributed by atoms with van der Waals surface area (Å²) in [6.07, 6.45) is 3.32. The van der Waals surface area contributed by atoms with Crippen molar-refractivity contribution < 1.29 is 4.79 Å². The molecule has 18 heavy (non-hydrogen) atoms. The average Bonchev–Trinajstić information content (AvgIpc) is 2.81. The minimum absolute atomic E-state index is 0.196. The van der Waals surface area contributed by atoms with Crippen molar-refractivity contribution in [1.82, 2.24) is 20.1 Å². The molecule has 0 saturated carbocycles. The summed E-state index contributed by atoms with van der Waals surface area (Å²) < 4.78 is 1.72. The molecule has 0 bridgehead atoms. The first-order valence-corrected chi connectivity index (χ1v) is 5.59. The van der Waals surface area contributed by atoms with Gasteiger partial charge in [-0.05, 0) is 18.2 Å². The molecule has 0 saturated heterocycles. The fourth-order valence-corrected chi connectivity index (χ4v) is 1.51. The Kier molecular flexibility index (Phi) is 3.57. The van der Waals surface area contributed by atoms with E-state index in [1.807, 2.05) is 19.2 Å². The molecule has 0 aliphatic carbocycles. The second-order valence-electron chi connectivity index (χ2n) is 3.81. The van der Waals surface area contributed by atoms with Gasteiger partial charge in [0.2, 0.25) is 0 Å². The fourth-order valence-electron chi connectivity index (χ4n) is 1.51. The normalized spacial score (nSPS) is 10.1. The van der Waals surface area contributed by atoms with Gasteiger partial charge >= 0.3 is 0 Å². The van der Waals surface area contributed by atoms with Crippen LogP contribution in [0.25, 0.3) is 0 Å². The highest BCUT2D eigenvalue weighted by Gasteiger charge is 2.07. The minimum atomic E-state index is -0.196. The third-order valence-electron chi connectivity index (χ3n) is 2.64. The van der Waals surface area contributed by atoms with Crippen LogP contribution >= 0.6 is 0 Å². The number of nitrogens with one attached hydrogen (secondary N) is 2. The van der Waals surface area contributed by atoms with Crippen molar-refractivity contribution >= 4 is 11.6 Å². The molecule has 2 heterocycles. The van der Waals surface area contributed by atoms with Crippen LogP contribution in [0.5, 0.6) is 0 Å². The number of carbonyl (C=O) groups is 1. The number of carbonyl (C=O) groups excluding carboxylic acids is 1. The molecule has 2 aromatic rings. The average molecular weight is 245 g/mol. The molecular weight excluding hydrogens is 230 g/mol. The molecule has 0 atom stereocenters. The Labute approximate surface area is 105 Å². The summed E-state index contributed by atoms with van der Waals surface area (Å²) in [6, 6.07) is 5.36. The van der Waals surface area contributed by atoms with E-state index in [0.717, 1.165) is 11.4 Å². The Hall–Kier alpha value is -2.37. The summed E-state index contributed by atoms with van der Waals surface area (Å²) in [5.41, 5.74) is 2.21. The smallest absolute Gasteiger partial charge is 0.270 e. The second kappa shape index (κ2) is 5.31. The maximum Gasteiger partial charge on any atom is 0.270 e. The molecule has 6 heteroatoms. The largest absolute Gasteiger partial charge is 0.387 e. The highest BCUT2D eigenvalue weighted by atomic mass is 16.1. The third-order valence-corrected chi connectivity index (χ3v) is 2.64. The Morgan fingerprint density at radius 2 is 2.22 bits per heavy atom. The zero-order chi connectivity index (χ0) is 13.0. The summed E-state index contributed by atoms with van der Waals surface area (Å²) in [5.74, 6) is -0.196. The number of hydrogen-bond acceptors (Lipinski definition) is 4. The number of amides is 1. The first kappa shape index (κ1) is 12.1. The molecule has 1 amide bonds. The van der Waals surface area contributed by atoms with Crippen molar-refractivity contribution in [2.45, 2.75) is 6.54 Å². The van der Waals surface area contributed by atoms with E-state index in [4.69, 9.17) is 0 Å². The Bertz CT molecular complexity index is 532. The summed E-state index contributed by atoms with van der Waals surface area (Å²) >= 11 is 0. The zero-order valence-corrected chi connectivity index (χ0v) is 10.3. The fraction of sp³-hybridized carbons (Fsp3) is 0.250. The van der Waals surface area contributed by atoms with Gasteiger partial charge in [-0.25, -0.2) is 4.98 Å². The second-order valence-corrected chi connectivity index (χ2v) is 3.81. The summed E-state index contributed by atoms with van der Waals surface area (Å²) in [6.45, 7) is 0.435. The molecule has 0 aliphatic rings. The van der Waals surface area contributed by atoms with Crippen LogP contribution in [-0.2, 0) is 13.6 Å². The molecule has 0 spiro atoms. The number of pyridine rings is 1. The van der Waals surface area contributed by atoms with Gasteiger partial charge in [-0.3, -0.25) is 9.48 Å². The highest BCUT2D eigenvalue weighted by molar-refractivity contribution is 5.92. The third kappa shape index (κ3) is 2.65. The molecule has 0 fully saturated rings. The van der Waals surface area contributed by atoms with Crippen LogP contribution in [-0.4, -0.2) is 27.7 Å². The lowest BCUT2D eigenvalue weighted by Gasteiger charge is -2.05. The van der Waals surface area contributed by atoms with Gasteiger partial charge in [-0.1, -0.05) is 0 Å². The Balaban J connectivity index is 1.97. The summed E-state index contributed by atoms with van der Waals surface area (Å²) in [4.78, 5) is 15.9. The van der Waals surface area contributed by atoms with E-state index in [0.29, 0.717) is 12.2 Å². The number of nitrogens with zero attached hydrogens (tertiary/aromatic N) is 3. The number of hydrogen-bond donors (Lipinski definition) is 2. The molecule has 0 aliphatic heterocycles. The number of aryl methyl sites for hydroxylation is 1. The van der Waals surface area contributed by atoms with Crippen LogP contribution in [0.15, 0.2) is 30.6 Å². The van der Waals surface area contributed by atoms with E-state index >= 15 is 0 Å². The molecular formula is C12H15N5O. The van der Waals surface area contributed by atoms with Crippen LogP contribution in [0.1, 0.15) is 16.2 Å². The van der Waals surface area contributed by atoms with Crippen LogP contribution in [0.2, 0.25) is 0 Å². The lowest BCUT2D eigenvalue weighted by atomic mass is 10.3. The first-order chi connectivity index (χ1) is 8.70. The van der Waals surface area contributed by atoms with Crippen molar-refractivity contribution in [2.75, 3.05) is 12.4 Å². The van der Waals surface area contributed by atoms with Crippen LogP contribution < -0.4 is 10.6 Å². The van der Waals surface area contributed by atoms with Gasteiger partial charge in [-0.2, -0.15) is 5.10 Å². The van der Waals surface area contributed by atoms with Gasteiger partial charge in [0.25, 0.3) is 5.91 Å². The topological polar surface area (TPSA) is 71.8 Å². The maximum absolute atomic E-state index is 11.8. The first-order valence-electron chi connectivity index (χ1n) is 5.59. The number of anilines is 1. The predicted molar refractivity (Wildman–Crippen MR) is 68.2 cm³/mol. The zero-order valence-electron chi connectivity index (χ0n) is 10.3. The van der Waals surface area contributed by atoms with E-state index < -0.39 is 0 Å². The van der Waals surface area contributed by atoms with Crippen molar-refractivity contribution in [2.24, 2.45) is 7.05 Å². The van der Waals surface area contributed by atoms with E-state index in [2.05, 4.69) is 20.7 Å². The van der Waals surface area contributed by atoms with Crippen molar-refractivity contribution in [1.29, 1.82) is 0 Å². The van der Waals surface area contributed by atoms with E-state index in [-0.39, 0.29) is 5.91 Å². The van der Waals surface area contributed by atoms with Gasteiger partial charge in [0, 0.05) is 20.3 Å². The van der Waals surface area contributed by atoms with Crippen molar-refractivity contribution in [3.8, 4) is 0 Å². The standard InChI is InChI=1S/C12H15N5O/c1-13-9-3-4-11(14-7-9)12(18)15-8-10-5-6-16-17(10)2/h3-7,13H,8H2,1-2H3,(H,15,18). The molecule has 94 valence electrons. The molecule has 0 aromatic carbocycles. The molecule has 2 aromatic heterocycles. The maximum atomic E-state index is 11.8. The highest BCUT2D eigenvalue weighted by Crippen LogP contribution is 2.05. The van der Waals surface area contributed by atoms with Crippen LogP contribution in [0.3, 0.4) is 0 Å². The monoisotopic (exact) mass is 245 g/mol. The van der Waals surface area contributed by atoms with E-state index in [1.165, 1.54) is 0 Å². The summed E-state index contributed by atoms with van der Waals surface area (Å²) in [7, 11) is 3.64. The van der Waals surface area contributed by atoms with Crippen LogP contribution in [0, 0.1) is 0 Å². The van der Waals surface area contributed by atoms with Crippen molar-refractivity contribution in [3.63, 3.8) is 0 Å². The minimum Gasteiger partial charge on any atom is -0.387 e. The van der Waals surface area contributed by atoms with Gasteiger partial charge in [0.1, 0.15) is 5.69 Å². The van der Waals surface area contributed by atoms with Gasteiger partial charge in [0.05, 0.1) is 24.1 Å². The Morgan fingerprint density at radius 3 is 2.78 bits per heavy atom. The van der Waals surface area contributed by atoms with E-state index in [9.17, 15) is 4.79 Å². The molecule has 0 radical (unpaired) electrons. The molecule has 2 N–H and O–H groups in total. The summed E-state index contributed by atoms with van der Waals surface area (Å²) in [5, 5.41) is 9.78.